The number of carbonyl (C=O) groups excluding carboxylic acids is 1. The number of hydrogen-bond acceptors (Lipinski definition) is 3. The Morgan fingerprint density at radius 1 is 1.00 bits per heavy atom. The predicted octanol–water partition coefficient (Wildman–Crippen LogP) is 4.94. The van der Waals surface area contributed by atoms with Crippen molar-refractivity contribution in [3.05, 3.63) is 11.5 Å². The van der Waals surface area contributed by atoms with E-state index in [2.05, 4.69) is 13.8 Å². The Morgan fingerprint density at radius 2 is 1.67 bits per heavy atom. The van der Waals surface area contributed by atoms with Crippen LogP contribution in [0.4, 0.5) is 0 Å². The van der Waals surface area contributed by atoms with E-state index in [4.69, 9.17) is 4.74 Å². The monoisotopic (exact) mass is 272 g/mol. The van der Waals surface area contributed by atoms with E-state index >= 15 is 0 Å². The molecule has 0 atom stereocenters. The molecule has 0 aliphatic rings. The van der Waals surface area contributed by atoms with Crippen molar-refractivity contribution in [3.8, 4) is 0 Å². The molecule has 0 amide bonds. The first-order valence-electron chi connectivity index (χ1n) is 7.26. The van der Waals surface area contributed by atoms with Crippen LogP contribution in [0.5, 0.6) is 0 Å². The van der Waals surface area contributed by atoms with Gasteiger partial charge in [0.15, 0.2) is 0 Å². The van der Waals surface area contributed by atoms with Crippen molar-refractivity contribution in [3.63, 3.8) is 0 Å². The van der Waals surface area contributed by atoms with Gasteiger partial charge in [-0.1, -0.05) is 52.4 Å². The third-order valence-electron chi connectivity index (χ3n) is 2.66. The first kappa shape index (κ1) is 17.6. The van der Waals surface area contributed by atoms with Crippen LogP contribution in [0.25, 0.3) is 0 Å². The molecular formula is C15H28O2S. The van der Waals surface area contributed by atoms with Crippen molar-refractivity contribution in [1.82, 2.24) is 0 Å². The maximum Gasteiger partial charge on any atom is 0.331 e. The van der Waals surface area contributed by atoms with E-state index in [1.165, 1.54) is 51.0 Å². The van der Waals surface area contributed by atoms with Crippen LogP contribution >= 0.6 is 11.8 Å². The molecule has 106 valence electrons. The molecular weight excluding hydrogens is 244 g/mol. The number of rotatable bonds is 12. The van der Waals surface area contributed by atoms with Crippen molar-refractivity contribution in [2.75, 3.05) is 12.4 Å². The highest BCUT2D eigenvalue weighted by molar-refractivity contribution is 8.02. The van der Waals surface area contributed by atoms with Gasteiger partial charge in [-0.05, 0) is 24.0 Å². The Bertz CT molecular complexity index is 215. The Hall–Kier alpha value is -0.440. The molecule has 0 aliphatic carbocycles. The SMILES string of the molecule is CCCCCCCCOC(=O)/C=C/SCCCC. The number of esters is 1. The topological polar surface area (TPSA) is 26.3 Å². The van der Waals surface area contributed by atoms with E-state index in [0.29, 0.717) is 6.61 Å². The molecule has 0 aromatic heterocycles. The van der Waals surface area contributed by atoms with Crippen LogP contribution < -0.4 is 0 Å². The largest absolute Gasteiger partial charge is 0.463 e. The molecule has 0 fully saturated rings. The predicted molar refractivity (Wildman–Crippen MR) is 80.8 cm³/mol. The van der Waals surface area contributed by atoms with Gasteiger partial charge in [-0.15, -0.1) is 11.8 Å². The molecule has 18 heavy (non-hydrogen) atoms. The summed E-state index contributed by atoms with van der Waals surface area (Å²) in [5, 5.41) is 1.85. The highest BCUT2D eigenvalue weighted by Gasteiger charge is 1.96. The van der Waals surface area contributed by atoms with Gasteiger partial charge in [0.1, 0.15) is 0 Å². The fourth-order valence-electron chi connectivity index (χ4n) is 1.50. The highest BCUT2D eigenvalue weighted by atomic mass is 32.2. The Labute approximate surface area is 117 Å². The van der Waals surface area contributed by atoms with Crippen LogP contribution in [0, 0.1) is 0 Å². The first-order chi connectivity index (χ1) is 8.81. The van der Waals surface area contributed by atoms with Gasteiger partial charge in [0.25, 0.3) is 0 Å². The summed E-state index contributed by atoms with van der Waals surface area (Å²) in [6, 6.07) is 0. The average molecular weight is 272 g/mol. The number of unbranched alkanes of at least 4 members (excludes halogenated alkanes) is 6. The fraction of sp³-hybridized carbons (Fsp3) is 0.800. The van der Waals surface area contributed by atoms with E-state index in [9.17, 15) is 4.79 Å². The zero-order valence-electron chi connectivity index (χ0n) is 12.0. The first-order valence-corrected chi connectivity index (χ1v) is 8.31. The van der Waals surface area contributed by atoms with Gasteiger partial charge in [0, 0.05) is 6.08 Å². The summed E-state index contributed by atoms with van der Waals surface area (Å²) in [5.74, 6) is 0.880. The molecule has 0 bridgehead atoms. The lowest BCUT2D eigenvalue weighted by atomic mass is 10.1. The van der Waals surface area contributed by atoms with Gasteiger partial charge < -0.3 is 4.74 Å². The van der Waals surface area contributed by atoms with Gasteiger partial charge in [0.05, 0.1) is 6.61 Å². The zero-order chi connectivity index (χ0) is 13.5. The fourth-order valence-corrected chi connectivity index (χ4v) is 2.30. The smallest absolute Gasteiger partial charge is 0.331 e. The molecule has 0 aliphatic heterocycles. The standard InChI is InChI=1S/C15H28O2S/c1-3-5-7-8-9-10-12-17-15(16)11-14-18-13-6-4-2/h11,14H,3-10,12-13H2,1-2H3/b14-11+. The Morgan fingerprint density at radius 3 is 2.39 bits per heavy atom. The second-order valence-corrected chi connectivity index (χ2v) is 5.48. The molecule has 3 heteroatoms. The van der Waals surface area contributed by atoms with E-state index in [-0.39, 0.29) is 5.97 Å². The van der Waals surface area contributed by atoms with Crippen LogP contribution in [-0.4, -0.2) is 18.3 Å². The molecule has 0 heterocycles. The normalized spacial score (nSPS) is 11.0. The summed E-state index contributed by atoms with van der Waals surface area (Å²) in [6.07, 6.45) is 11.2. The van der Waals surface area contributed by atoms with Crippen LogP contribution in [0.1, 0.15) is 65.2 Å². The second kappa shape index (κ2) is 14.6. The molecule has 0 aromatic carbocycles. The lowest BCUT2D eigenvalue weighted by Crippen LogP contribution is -2.02. The molecule has 0 radical (unpaired) electrons. The lowest BCUT2D eigenvalue weighted by molar-refractivity contribution is -0.137. The number of carbonyl (C=O) groups is 1. The zero-order valence-corrected chi connectivity index (χ0v) is 12.8. The lowest BCUT2D eigenvalue weighted by Gasteiger charge is -2.02. The summed E-state index contributed by atoms with van der Waals surface area (Å²) in [6.45, 7) is 4.95. The molecule has 0 unspecified atom stereocenters. The summed E-state index contributed by atoms with van der Waals surface area (Å²) in [5.41, 5.74) is 0. The van der Waals surface area contributed by atoms with E-state index < -0.39 is 0 Å². The minimum atomic E-state index is -0.201. The molecule has 0 aromatic rings. The average Bonchev–Trinajstić information content (AvgIpc) is 2.37. The summed E-state index contributed by atoms with van der Waals surface area (Å²) >= 11 is 1.68. The Kier molecular flexibility index (Phi) is 14.3. The van der Waals surface area contributed by atoms with Crippen LogP contribution in [0.2, 0.25) is 0 Å². The number of hydrogen-bond donors (Lipinski definition) is 0. The summed E-state index contributed by atoms with van der Waals surface area (Å²) < 4.78 is 5.12. The van der Waals surface area contributed by atoms with E-state index in [1.807, 2.05) is 5.41 Å². The van der Waals surface area contributed by atoms with Gasteiger partial charge in [-0.3, -0.25) is 0 Å². The third-order valence-corrected chi connectivity index (χ3v) is 3.51. The van der Waals surface area contributed by atoms with E-state index in [1.54, 1.807) is 11.8 Å². The Balaban J connectivity index is 3.26. The molecule has 2 nitrogen and oxygen atoms in total. The minimum absolute atomic E-state index is 0.201. The quantitative estimate of drug-likeness (QED) is 0.286. The van der Waals surface area contributed by atoms with Gasteiger partial charge >= 0.3 is 5.97 Å². The maximum atomic E-state index is 11.3. The second-order valence-electron chi connectivity index (χ2n) is 4.46. The molecule has 0 N–H and O–H groups in total. The highest BCUT2D eigenvalue weighted by Crippen LogP contribution is 2.07. The summed E-state index contributed by atoms with van der Waals surface area (Å²) in [7, 11) is 0. The van der Waals surface area contributed by atoms with Crippen molar-refractivity contribution in [2.45, 2.75) is 65.2 Å². The van der Waals surface area contributed by atoms with Gasteiger partial charge in [-0.25, -0.2) is 4.79 Å². The third kappa shape index (κ3) is 13.6. The van der Waals surface area contributed by atoms with Crippen LogP contribution in [-0.2, 0) is 9.53 Å². The van der Waals surface area contributed by atoms with E-state index in [0.717, 1.165) is 12.2 Å². The summed E-state index contributed by atoms with van der Waals surface area (Å²) in [4.78, 5) is 11.3. The van der Waals surface area contributed by atoms with Crippen molar-refractivity contribution < 1.29 is 9.53 Å². The minimum Gasteiger partial charge on any atom is -0.463 e. The van der Waals surface area contributed by atoms with Gasteiger partial charge in [0.2, 0.25) is 0 Å². The van der Waals surface area contributed by atoms with Crippen molar-refractivity contribution in [2.24, 2.45) is 0 Å². The van der Waals surface area contributed by atoms with Crippen molar-refractivity contribution >= 4 is 17.7 Å². The number of ether oxygens (including phenoxy) is 1. The molecule has 0 rings (SSSR count). The maximum absolute atomic E-state index is 11.3. The van der Waals surface area contributed by atoms with Crippen LogP contribution in [0.3, 0.4) is 0 Å². The molecule has 0 saturated carbocycles. The molecule has 0 saturated heterocycles. The van der Waals surface area contributed by atoms with Crippen LogP contribution in [0.15, 0.2) is 11.5 Å². The van der Waals surface area contributed by atoms with Gasteiger partial charge in [-0.2, -0.15) is 0 Å². The number of thioether (sulfide) groups is 1. The molecule has 0 spiro atoms. The van der Waals surface area contributed by atoms with Crippen molar-refractivity contribution in [1.29, 1.82) is 0 Å².